The van der Waals surface area contributed by atoms with Crippen LogP contribution < -0.4 is 5.14 Å². The number of aromatic nitrogens is 3. The number of benzene rings is 1. The molecule has 21 heavy (non-hydrogen) atoms. The van der Waals surface area contributed by atoms with Gasteiger partial charge in [0.2, 0.25) is 0 Å². The normalized spacial score (nSPS) is 11.9. The second kappa shape index (κ2) is 5.45. The molecule has 1 heterocycles. The minimum absolute atomic E-state index is 0.0738. The Bertz CT molecular complexity index is 766. The lowest BCUT2D eigenvalue weighted by molar-refractivity contribution is 0.538. The fourth-order valence-corrected chi connectivity index (χ4v) is 2.50. The first kappa shape index (κ1) is 15.4. The number of primary sulfonamides is 1. The van der Waals surface area contributed by atoms with Crippen molar-refractivity contribution in [2.75, 3.05) is 0 Å². The van der Waals surface area contributed by atoms with Crippen molar-refractivity contribution >= 4 is 10.0 Å². The minimum Gasteiger partial charge on any atom is -0.297 e. The number of sulfonamides is 1. The van der Waals surface area contributed by atoms with E-state index in [-0.39, 0.29) is 12.4 Å². The van der Waals surface area contributed by atoms with Crippen LogP contribution >= 0.6 is 0 Å². The summed E-state index contributed by atoms with van der Waals surface area (Å²) >= 11 is 0. The van der Waals surface area contributed by atoms with Gasteiger partial charge < -0.3 is 0 Å². The molecule has 6 nitrogen and oxygen atoms in total. The Hall–Kier alpha value is -1.94. The average molecular weight is 320 g/mol. The van der Waals surface area contributed by atoms with Crippen LogP contribution in [0.3, 0.4) is 0 Å². The number of nitrogens with two attached hydrogens (primary N) is 1. The number of halogens is 3. The molecular formula is C11H11F3N4O2S. The molecule has 114 valence electrons. The minimum atomic E-state index is -4.21. The lowest BCUT2D eigenvalue weighted by Crippen LogP contribution is -2.19. The maximum absolute atomic E-state index is 13.8. The molecule has 0 saturated carbocycles. The van der Waals surface area contributed by atoms with Gasteiger partial charge in [-0.1, -0.05) is 6.92 Å². The van der Waals surface area contributed by atoms with Gasteiger partial charge in [-0.05, 0) is 6.42 Å². The zero-order valence-electron chi connectivity index (χ0n) is 10.8. The van der Waals surface area contributed by atoms with E-state index in [0.29, 0.717) is 18.6 Å². The molecule has 0 aliphatic rings. The number of nitrogens with zero attached hydrogens (tertiary/aromatic N) is 3. The Morgan fingerprint density at radius 1 is 1.19 bits per heavy atom. The van der Waals surface area contributed by atoms with E-state index in [2.05, 4.69) is 10.2 Å². The highest BCUT2D eigenvalue weighted by atomic mass is 32.2. The fourth-order valence-electron chi connectivity index (χ4n) is 1.87. The van der Waals surface area contributed by atoms with E-state index >= 15 is 0 Å². The average Bonchev–Trinajstić information content (AvgIpc) is 2.72. The first-order valence-corrected chi connectivity index (χ1v) is 7.41. The lowest BCUT2D eigenvalue weighted by Gasteiger charge is -2.09. The van der Waals surface area contributed by atoms with Crippen molar-refractivity contribution < 1.29 is 21.6 Å². The van der Waals surface area contributed by atoms with E-state index in [1.165, 1.54) is 0 Å². The van der Waals surface area contributed by atoms with E-state index in [9.17, 15) is 21.6 Å². The second-order valence-corrected chi connectivity index (χ2v) is 5.70. The molecule has 0 aliphatic heterocycles. The van der Waals surface area contributed by atoms with Gasteiger partial charge in [0.1, 0.15) is 17.5 Å². The van der Waals surface area contributed by atoms with Crippen molar-refractivity contribution in [1.29, 1.82) is 0 Å². The molecule has 2 aromatic rings. The van der Waals surface area contributed by atoms with Crippen LogP contribution in [0.2, 0.25) is 0 Å². The Morgan fingerprint density at radius 3 is 2.24 bits per heavy atom. The summed E-state index contributed by atoms with van der Waals surface area (Å²) in [4.78, 5) is 0. The summed E-state index contributed by atoms with van der Waals surface area (Å²) in [7, 11) is -4.21. The molecule has 0 radical (unpaired) electrons. The fraction of sp³-hybridized carbons (Fsp3) is 0.273. The second-order valence-electron chi connectivity index (χ2n) is 4.25. The molecule has 0 amide bonds. The third-order valence-corrected chi connectivity index (χ3v) is 3.46. The summed E-state index contributed by atoms with van der Waals surface area (Å²) in [5.41, 5.74) is -0.660. The van der Waals surface area contributed by atoms with Crippen LogP contribution in [0, 0.1) is 17.5 Å². The van der Waals surface area contributed by atoms with Gasteiger partial charge in [-0.15, -0.1) is 10.2 Å². The molecular weight excluding hydrogens is 309 g/mol. The van der Waals surface area contributed by atoms with Crippen LogP contribution in [-0.4, -0.2) is 23.2 Å². The molecule has 10 heteroatoms. The third-order valence-electron chi connectivity index (χ3n) is 2.65. The zero-order chi connectivity index (χ0) is 15.8. The third kappa shape index (κ3) is 2.90. The quantitative estimate of drug-likeness (QED) is 0.922. The highest BCUT2D eigenvalue weighted by Crippen LogP contribution is 2.27. The summed E-state index contributed by atoms with van der Waals surface area (Å²) < 4.78 is 64.3. The number of hydrogen-bond donors (Lipinski definition) is 1. The molecule has 1 aromatic heterocycles. The predicted molar refractivity (Wildman–Crippen MR) is 67.0 cm³/mol. The van der Waals surface area contributed by atoms with Gasteiger partial charge in [-0.25, -0.2) is 26.7 Å². The highest BCUT2D eigenvalue weighted by molar-refractivity contribution is 7.89. The first-order chi connectivity index (χ1) is 9.75. The highest BCUT2D eigenvalue weighted by Gasteiger charge is 2.25. The first-order valence-electron chi connectivity index (χ1n) is 5.86. The van der Waals surface area contributed by atoms with Crippen LogP contribution in [-0.2, 0) is 16.6 Å². The van der Waals surface area contributed by atoms with Crippen LogP contribution in [0.25, 0.3) is 11.4 Å². The van der Waals surface area contributed by atoms with E-state index in [0.717, 1.165) is 4.57 Å². The molecule has 0 fully saturated rings. The van der Waals surface area contributed by atoms with Crippen molar-refractivity contribution in [3.8, 4) is 11.4 Å². The van der Waals surface area contributed by atoms with Crippen molar-refractivity contribution in [2.45, 2.75) is 25.0 Å². The van der Waals surface area contributed by atoms with Gasteiger partial charge in [0.15, 0.2) is 5.82 Å². The largest absolute Gasteiger partial charge is 0.297 e. The summed E-state index contributed by atoms with van der Waals surface area (Å²) in [5, 5.41) is 11.2. The van der Waals surface area contributed by atoms with Gasteiger partial charge in [-0.3, -0.25) is 4.57 Å². The topological polar surface area (TPSA) is 90.9 Å². The van der Waals surface area contributed by atoms with Crippen molar-refractivity contribution in [2.24, 2.45) is 5.14 Å². The van der Waals surface area contributed by atoms with Crippen LogP contribution in [0.5, 0.6) is 0 Å². The monoisotopic (exact) mass is 320 g/mol. The molecule has 2 rings (SSSR count). The van der Waals surface area contributed by atoms with Crippen molar-refractivity contribution in [3.05, 3.63) is 29.6 Å². The summed E-state index contributed by atoms with van der Waals surface area (Å²) in [6.07, 6.45) is 0.442. The summed E-state index contributed by atoms with van der Waals surface area (Å²) in [6, 6.07) is 0.944. The lowest BCUT2D eigenvalue weighted by atomic mass is 10.1. The summed E-state index contributed by atoms with van der Waals surface area (Å²) in [6.45, 7) is 1.79. The Morgan fingerprint density at radius 2 is 1.76 bits per heavy atom. The summed E-state index contributed by atoms with van der Waals surface area (Å²) in [5.74, 6) is -3.88. The molecule has 0 aliphatic carbocycles. The zero-order valence-corrected chi connectivity index (χ0v) is 11.7. The van der Waals surface area contributed by atoms with Gasteiger partial charge in [0.25, 0.3) is 15.2 Å². The Labute approximate surface area is 118 Å². The Balaban J connectivity index is 2.74. The van der Waals surface area contributed by atoms with Crippen LogP contribution in [0.1, 0.15) is 13.3 Å². The molecule has 0 spiro atoms. The molecule has 2 N–H and O–H groups in total. The predicted octanol–water partition coefficient (Wildman–Crippen LogP) is 1.42. The molecule has 0 bridgehead atoms. The van der Waals surface area contributed by atoms with Gasteiger partial charge in [0.05, 0.1) is 5.56 Å². The van der Waals surface area contributed by atoms with E-state index < -0.39 is 38.2 Å². The van der Waals surface area contributed by atoms with Gasteiger partial charge in [0, 0.05) is 18.7 Å². The molecule has 1 aromatic carbocycles. The van der Waals surface area contributed by atoms with E-state index in [1.54, 1.807) is 6.92 Å². The smallest absolute Gasteiger partial charge is 0.273 e. The molecule has 0 atom stereocenters. The maximum atomic E-state index is 13.8. The van der Waals surface area contributed by atoms with E-state index in [4.69, 9.17) is 5.14 Å². The van der Waals surface area contributed by atoms with Gasteiger partial charge in [-0.2, -0.15) is 0 Å². The van der Waals surface area contributed by atoms with Crippen molar-refractivity contribution in [1.82, 2.24) is 14.8 Å². The maximum Gasteiger partial charge on any atom is 0.273 e. The van der Waals surface area contributed by atoms with E-state index in [1.807, 2.05) is 0 Å². The SMILES string of the molecule is CCCn1c(-c2c(F)cc(F)cc2F)nnc1S(N)(=O)=O. The van der Waals surface area contributed by atoms with Gasteiger partial charge >= 0.3 is 0 Å². The standard InChI is InChI=1S/C11H11F3N4O2S/c1-2-3-18-10(16-17-11(18)21(15,19)20)9-7(13)4-6(12)5-8(9)14/h4-5H,2-3H2,1H3,(H2,15,19,20). The Kier molecular flexibility index (Phi) is 4.01. The number of hydrogen-bond acceptors (Lipinski definition) is 4. The van der Waals surface area contributed by atoms with Crippen LogP contribution in [0.15, 0.2) is 17.3 Å². The number of rotatable bonds is 4. The molecule has 0 unspecified atom stereocenters. The van der Waals surface area contributed by atoms with Crippen molar-refractivity contribution in [3.63, 3.8) is 0 Å². The molecule has 0 saturated heterocycles. The van der Waals surface area contributed by atoms with Crippen LogP contribution in [0.4, 0.5) is 13.2 Å².